The van der Waals surface area contributed by atoms with Crippen molar-refractivity contribution in [2.75, 3.05) is 0 Å². The number of nitrogens with zero attached hydrogens (tertiary/aromatic N) is 1. The number of halogens is 5. The summed E-state index contributed by atoms with van der Waals surface area (Å²) in [5.41, 5.74) is 5.37. The predicted molar refractivity (Wildman–Crippen MR) is 97.3 cm³/mol. The van der Waals surface area contributed by atoms with Crippen LogP contribution in [0.15, 0.2) is 70.8 Å². The first-order valence-electron chi connectivity index (χ1n) is 8.48. The molecule has 0 bridgehead atoms. The molecule has 0 N–H and O–H groups in total. The number of fused-ring (bicyclic) bond motifs is 1. The number of benzene rings is 2. The third-order valence-corrected chi connectivity index (χ3v) is 5.45. The van der Waals surface area contributed by atoms with Crippen molar-refractivity contribution in [3.63, 3.8) is 0 Å². The van der Waals surface area contributed by atoms with Gasteiger partial charge in [-0.2, -0.15) is 0 Å². The normalized spacial score (nSPS) is 14.0. The molecule has 7 heteroatoms. The van der Waals surface area contributed by atoms with E-state index >= 15 is 0 Å². The van der Waals surface area contributed by atoms with Crippen LogP contribution in [0.4, 0.5) is 13.2 Å². The summed E-state index contributed by atoms with van der Waals surface area (Å²) in [6.45, 7) is 2.02. The summed E-state index contributed by atoms with van der Waals surface area (Å²) in [7, 11) is 0. The monoisotopic (exact) mass is 472 g/mol. The Hall–Kier alpha value is -1.77. The van der Waals surface area contributed by atoms with Crippen LogP contribution in [0.1, 0.15) is 30.0 Å². The quantitative estimate of drug-likeness (QED) is 0.526. The molecule has 0 aliphatic heterocycles. The van der Waals surface area contributed by atoms with E-state index in [4.69, 9.17) is 0 Å². The van der Waals surface area contributed by atoms with Crippen LogP contribution < -0.4 is 24.8 Å². The zero-order valence-corrected chi connectivity index (χ0v) is 18.0. The fraction of sp³-hybridized carbons (Fsp3) is 0.136. The van der Waals surface area contributed by atoms with Gasteiger partial charge in [-0.05, 0) is 0 Å². The molecule has 0 saturated carbocycles. The maximum atomic E-state index is 12.8. The van der Waals surface area contributed by atoms with Gasteiger partial charge in [0.2, 0.25) is 0 Å². The fourth-order valence-electron chi connectivity index (χ4n) is 3.59. The van der Waals surface area contributed by atoms with Gasteiger partial charge in [-0.25, -0.2) is 0 Å². The smallest absolute Gasteiger partial charge is 1.00 e. The van der Waals surface area contributed by atoms with Gasteiger partial charge in [0.15, 0.2) is 0 Å². The predicted octanol–water partition coefficient (Wildman–Crippen LogP) is 0.397. The molecule has 0 unspecified atom stereocenters. The maximum absolute atomic E-state index is 12.8. The summed E-state index contributed by atoms with van der Waals surface area (Å²) in [6, 6.07) is 15.4. The Morgan fingerprint density at radius 1 is 0.931 bits per heavy atom. The van der Waals surface area contributed by atoms with E-state index < -0.39 is 11.7 Å². The molecule has 1 nitrogen and oxygen atoms in total. The minimum absolute atomic E-state index is 0. The molecular weight excluding hydrogens is 458 g/mol. The van der Waals surface area contributed by atoms with Crippen molar-refractivity contribution in [1.82, 2.24) is 4.98 Å². The van der Waals surface area contributed by atoms with Crippen LogP contribution in [0.3, 0.4) is 0 Å². The molecule has 3 aromatic rings. The van der Waals surface area contributed by atoms with Crippen molar-refractivity contribution in [3.05, 3.63) is 87.5 Å². The molecule has 1 aliphatic rings. The van der Waals surface area contributed by atoms with Crippen molar-refractivity contribution >= 4 is 22.0 Å². The van der Waals surface area contributed by atoms with Gasteiger partial charge in [-0.1, -0.05) is 0 Å². The molecule has 0 atom stereocenters. The zero-order valence-electron chi connectivity index (χ0n) is 15.2. The minimum atomic E-state index is -4.32. The molecule has 149 valence electrons. The molecule has 0 fully saturated rings. The largest absolute Gasteiger partial charge is 1.00 e. The van der Waals surface area contributed by atoms with Crippen LogP contribution in [0.25, 0.3) is 22.0 Å². The number of aromatic nitrogens is 1. The van der Waals surface area contributed by atoms with Crippen molar-refractivity contribution in [3.8, 4) is 0 Å². The Kier molecular flexibility index (Phi) is 7.24. The number of hydrogen-bond donors (Lipinski definition) is 0. The van der Waals surface area contributed by atoms with Crippen molar-refractivity contribution in [2.24, 2.45) is 0 Å². The van der Waals surface area contributed by atoms with Crippen LogP contribution in [0.5, 0.6) is 0 Å². The molecule has 29 heavy (non-hydrogen) atoms. The Balaban J connectivity index is 0.00000150. The van der Waals surface area contributed by atoms with Crippen LogP contribution >= 0.6 is 0 Å². The number of pyridine rings is 1. The van der Waals surface area contributed by atoms with Gasteiger partial charge in [0.1, 0.15) is 0 Å². The van der Waals surface area contributed by atoms with E-state index in [1.165, 1.54) is 0 Å². The third kappa shape index (κ3) is 4.39. The zero-order chi connectivity index (χ0) is 19.2. The second-order valence-corrected chi connectivity index (χ2v) is 7.30. The molecule has 1 aromatic heterocycles. The second-order valence-electron chi connectivity index (χ2n) is 6.53. The number of alkyl halides is 3. The van der Waals surface area contributed by atoms with Crippen LogP contribution in [-0.2, 0) is 22.5 Å². The standard InChI is InChI=1S/C22H15F3N.2ClH.Cr/c1-14-18(15-7-9-17(10-8-15)22(23,24)25)11-12-19(14)20-6-2-4-16-5-3-13-26-21(16)20;;;/h2-10,13H,12H2,1H3;2*1H;/q;;;+2/p-2. The number of hydrogen-bond acceptors (Lipinski definition) is 1. The van der Waals surface area contributed by atoms with Gasteiger partial charge >= 0.3 is 164 Å². The van der Waals surface area contributed by atoms with Crippen LogP contribution in [-0.4, -0.2) is 4.98 Å². The molecule has 4 rings (SSSR count). The minimum Gasteiger partial charge on any atom is -1.00 e. The van der Waals surface area contributed by atoms with Gasteiger partial charge in [-0.15, -0.1) is 0 Å². The first-order valence-corrected chi connectivity index (χ1v) is 9.12. The average Bonchev–Trinajstić information content (AvgIpc) is 2.95. The van der Waals surface area contributed by atoms with E-state index in [1.807, 2.05) is 31.2 Å². The average molecular weight is 473 g/mol. The Labute approximate surface area is 188 Å². The third-order valence-electron chi connectivity index (χ3n) is 4.90. The second kappa shape index (κ2) is 8.94. The molecule has 1 heterocycles. The van der Waals surface area contributed by atoms with Crippen molar-refractivity contribution in [2.45, 2.75) is 19.5 Å². The van der Waals surface area contributed by atoms with Gasteiger partial charge < -0.3 is 24.8 Å². The Morgan fingerprint density at radius 2 is 1.59 bits per heavy atom. The van der Waals surface area contributed by atoms with E-state index in [2.05, 4.69) is 27.3 Å². The van der Waals surface area contributed by atoms with E-state index in [0.717, 1.165) is 61.7 Å². The van der Waals surface area contributed by atoms with Gasteiger partial charge in [0.05, 0.1) is 0 Å². The summed E-state index contributed by atoms with van der Waals surface area (Å²) < 4.78 is 39.6. The molecule has 1 aliphatic carbocycles. The number of rotatable bonds is 2. The summed E-state index contributed by atoms with van der Waals surface area (Å²) in [4.78, 5) is 4.53. The Bertz CT molecular complexity index is 1100. The summed E-state index contributed by atoms with van der Waals surface area (Å²) in [6.07, 6.45) is -1.83. The maximum Gasteiger partial charge on any atom is -1.00 e. The van der Waals surface area contributed by atoms with E-state index in [-0.39, 0.29) is 24.8 Å². The molecule has 0 amide bonds. The van der Waals surface area contributed by atoms with Gasteiger partial charge in [-0.3, -0.25) is 0 Å². The SMILES string of the molecule is CC1=C(c2cccc3cccnc23)C[C]([Cr+2])=C1c1ccc(C(F)(F)F)cc1.[Cl-].[Cl-]. The van der Waals surface area contributed by atoms with E-state index in [1.54, 1.807) is 18.3 Å². The first kappa shape index (κ1) is 23.5. The molecule has 0 spiro atoms. The molecule has 2 aromatic carbocycles. The summed E-state index contributed by atoms with van der Waals surface area (Å²) >= 11 is 3.11. The van der Waals surface area contributed by atoms with Crippen molar-refractivity contribution in [1.29, 1.82) is 0 Å². The molecular formula is C22H15Cl2CrF3N. The summed E-state index contributed by atoms with van der Waals surface area (Å²) in [5.74, 6) is 0. The topological polar surface area (TPSA) is 12.9 Å². The van der Waals surface area contributed by atoms with Crippen LogP contribution in [0, 0.1) is 0 Å². The Morgan fingerprint density at radius 3 is 2.24 bits per heavy atom. The van der Waals surface area contributed by atoms with E-state index in [0.29, 0.717) is 0 Å². The molecule has 0 saturated heterocycles. The summed E-state index contributed by atoms with van der Waals surface area (Å²) in [5, 5.41) is 1.07. The number of para-hydroxylation sites is 1. The first-order chi connectivity index (χ1) is 12.9. The van der Waals surface area contributed by atoms with Crippen molar-refractivity contribution < 1.29 is 54.3 Å². The van der Waals surface area contributed by atoms with E-state index in [9.17, 15) is 13.2 Å². The number of allylic oxidation sites excluding steroid dienone is 4. The van der Waals surface area contributed by atoms with Gasteiger partial charge in [0, 0.05) is 0 Å². The fourth-order valence-corrected chi connectivity index (χ4v) is 4.24. The van der Waals surface area contributed by atoms with Crippen LogP contribution in [0.2, 0.25) is 0 Å². The molecule has 0 radical (unpaired) electrons. The van der Waals surface area contributed by atoms with Gasteiger partial charge in [0.25, 0.3) is 0 Å².